The lowest BCUT2D eigenvalue weighted by atomic mass is 10.2. The number of rotatable bonds is 4. The van der Waals surface area contributed by atoms with E-state index in [2.05, 4.69) is 10.2 Å². The Morgan fingerprint density at radius 2 is 2.39 bits per heavy atom. The van der Waals surface area contributed by atoms with Crippen molar-refractivity contribution >= 4 is 23.1 Å². The van der Waals surface area contributed by atoms with Gasteiger partial charge in [0, 0.05) is 17.1 Å². The number of nitrogen functional groups attached to an aromatic ring is 1. The summed E-state index contributed by atoms with van der Waals surface area (Å²) in [6.07, 6.45) is 0. The lowest BCUT2D eigenvalue weighted by molar-refractivity contribution is 0.0754. The zero-order chi connectivity index (χ0) is 13.1. The van der Waals surface area contributed by atoms with Gasteiger partial charge in [0.05, 0.1) is 6.54 Å². The molecule has 0 radical (unpaired) electrons. The number of thiophene rings is 1. The number of hydrogen-bond acceptors (Lipinski definition) is 4. The van der Waals surface area contributed by atoms with E-state index in [9.17, 15) is 4.79 Å². The van der Waals surface area contributed by atoms with Crippen molar-refractivity contribution < 1.29 is 4.79 Å². The predicted molar refractivity (Wildman–Crippen MR) is 72.5 cm³/mol. The molecular weight excluding hydrogens is 248 g/mol. The minimum atomic E-state index is -0.0744. The number of nitrogens with two attached hydrogens (primary N) is 1. The molecule has 3 N–H and O–H groups in total. The number of aromatic nitrogens is 2. The Hall–Kier alpha value is -1.82. The summed E-state index contributed by atoms with van der Waals surface area (Å²) in [6.45, 7) is 5.00. The smallest absolute Gasteiger partial charge is 0.259 e. The molecule has 0 saturated carbocycles. The number of nitrogens with zero attached hydrogens (tertiary/aromatic N) is 2. The number of amides is 1. The summed E-state index contributed by atoms with van der Waals surface area (Å²) in [5.41, 5.74) is 6.91. The highest BCUT2D eigenvalue weighted by molar-refractivity contribution is 7.09. The molecule has 2 heterocycles. The zero-order valence-electron chi connectivity index (χ0n) is 10.4. The summed E-state index contributed by atoms with van der Waals surface area (Å²) in [5.74, 6) is 0.191. The second-order valence-corrected chi connectivity index (χ2v) is 5.04. The van der Waals surface area contributed by atoms with Crippen LogP contribution in [0.1, 0.15) is 27.9 Å². The minimum Gasteiger partial charge on any atom is -0.382 e. The van der Waals surface area contributed by atoms with Crippen LogP contribution in [0.2, 0.25) is 0 Å². The first-order valence-electron chi connectivity index (χ1n) is 5.75. The molecule has 0 atom stereocenters. The Kier molecular flexibility index (Phi) is 3.66. The monoisotopic (exact) mass is 264 g/mol. The first-order chi connectivity index (χ1) is 8.63. The van der Waals surface area contributed by atoms with E-state index in [1.807, 2.05) is 24.4 Å². The first kappa shape index (κ1) is 12.6. The Morgan fingerprint density at radius 1 is 1.61 bits per heavy atom. The Labute approximate surface area is 110 Å². The molecule has 18 heavy (non-hydrogen) atoms. The van der Waals surface area contributed by atoms with Gasteiger partial charge < -0.3 is 10.6 Å². The van der Waals surface area contributed by atoms with Crippen molar-refractivity contribution in [1.82, 2.24) is 15.1 Å². The summed E-state index contributed by atoms with van der Waals surface area (Å²) in [7, 11) is 0. The van der Waals surface area contributed by atoms with Gasteiger partial charge in [-0.25, -0.2) is 0 Å². The van der Waals surface area contributed by atoms with Crippen LogP contribution >= 0.6 is 11.3 Å². The lowest BCUT2D eigenvalue weighted by Crippen LogP contribution is -2.30. The highest BCUT2D eigenvalue weighted by atomic mass is 32.1. The van der Waals surface area contributed by atoms with Crippen LogP contribution < -0.4 is 5.73 Å². The van der Waals surface area contributed by atoms with E-state index in [4.69, 9.17) is 5.73 Å². The van der Waals surface area contributed by atoms with Gasteiger partial charge in [-0.2, -0.15) is 5.10 Å². The standard InChI is InChI=1S/C12H16N4OS/c1-3-16(7-9-5-4-6-18-9)12(17)10-8(2)14-15-11(10)13/h4-6H,3,7H2,1-2H3,(H3,13,14,15). The van der Waals surface area contributed by atoms with Crippen LogP contribution in [-0.2, 0) is 6.54 Å². The summed E-state index contributed by atoms with van der Waals surface area (Å²) in [6, 6.07) is 4.00. The van der Waals surface area contributed by atoms with Crippen LogP contribution in [0.15, 0.2) is 17.5 Å². The van der Waals surface area contributed by atoms with Crippen LogP contribution in [0.3, 0.4) is 0 Å². The second kappa shape index (κ2) is 5.22. The quantitative estimate of drug-likeness (QED) is 0.887. The fourth-order valence-corrected chi connectivity index (χ4v) is 2.51. The van der Waals surface area contributed by atoms with Gasteiger partial charge in [0.15, 0.2) is 5.82 Å². The van der Waals surface area contributed by atoms with Crippen molar-refractivity contribution in [3.8, 4) is 0 Å². The van der Waals surface area contributed by atoms with Crippen LogP contribution in [0.25, 0.3) is 0 Å². The van der Waals surface area contributed by atoms with Crippen molar-refractivity contribution in [2.45, 2.75) is 20.4 Å². The maximum atomic E-state index is 12.4. The van der Waals surface area contributed by atoms with Crippen molar-refractivity contribution in [2.75, 3.05) is 12.3 Å². The number of nitrogens with one attached hydrogen (secondary N) is 1. The molecule has 1 amide bonds. The van der Waals surface area contributed by atoms with Gasteiger partial charge >= 0.3 is 0 Å². The number of anilines is 1. The van der Waals surface area contributed by atoms with Crippen molar-refractivity contribution in [1.29, 1.82) is 0 Å². The molecule has 0 fully saturated rings. The largest absolute Gasteiger partial charge is 0.382 e. The molecule has 0 aliphatic rings. The maximum Gasteiger partial charge on any atom is 0.259 e. The summed E-state index contributed by atoms with van der Waals surface area (Å²) in [4.78, 5) is 15.3. The van der Waals surface area contributed by atoms with Crippen molar-refractivity contribution in [3.63, 3.8) is 0 Å². The second-order valence-electron chi connectivity index (χ2n) is 4.01. The molecule has 2 rings (SSSR count). The van der Waals surface area contributed by atoms with E-state index in [1.165, 1.54) is 0 Å². The summed E-state index contributed by atoms with van der Waals surface area (Å²) < 4.78 is 0. The van der Waals surface area contributed by atoms with Gasteiger partial charge in [-0.1, -0.05) is 6.07 Å². The fourth-order valence-electron chi connectivity index (χ4n) is 1.79. The van der Waals surface area contributed by atoms with E-state index >= 15 is 0 Å². The molecule has 0 saturated heterocycles. The summed E-state index contributed by atoms with van der Waals surface area (Å²) >= 11 is 1.64. The Morgan fingerprint density at radius 3 is 2.89 bits per heavy atom. The number of carbonyl (C=O) groups is 1. The number of hydrogen-bond donors (Lipinski definition) is 2. The lowest BCUT2D eigenvalue weighted by Gasteiger charge is -2.20. The number of aromatic amines is 1. The van der Waals surface area contributed by atoms with Gasteiger partial charge in [-0.15, -0.1) is 11.3 Å². The van der Waals surface area contributed by atoms with Gasteiger partial charge in [0.25, 0.3) is 5.91 Å². The fraction of sp³-hybridized carbons (Fsp3) is 0.333. The van der Waals surface area contributed by atoms with E-state index < -0.39 is 0 Å². The average molecular weight is 264 g/mol. The Bertz CT molecular complexity index is 513. The SMILES string of the molecule is CCN(Cc1cccs1)C(=O)c1c(N)n[nH]c1C. The Balaban J connectivity index is 2.20. The molecule has 2 aromatic rings. The molecular formula is C12H16N4OS. The van der Waals surface area contributed by atoms with Gasteiger partial charge in [0.2, 0.25) is 0 Å². The molecule has 0 aliphatic heterocycles. The van der Waals surface area contributed by atoms with E-state index in [0.29, 0.717) is 24.3 Å². The first-order valence-corrected chi connectivity index (χ1v) is 6.63. The van der Waals surface area contributed by atoms with Gasteiger partial charge in [-0.05, 0) is 25.3 Å². The minimum absolute atomic E-state index is 0.0744. The molecule has 0 aliphatic carbocycles. The number of carbonyl (C=O) groups excluding carboxylic acids is 1. The molecule has 96 valence electrons. The van der Waals surface area contributed by atoms with E-state index in [-0.39, 0.29) is 11.7 Å². The number of H-pyrrole nitrogens is 1. The number of aryl methyl sites for hydroxylation is 1. The van der Waals surface area contributed by atoms with Gasteiger partial charge in [-0.3, -0.25) is 9.89 Å². The molecule has 0 bridgehead atoms. The molecule has 0 aromatic carbocycles. The topological polar surface area (TPSA) is 75.0 Å². The van der Waals surface area contributed by atoms with Crippen molar-refractivity contribution in [2.24, 2.45) is 0 Å². The molecule has 0 unspecified atom stereocenters. The molecule has 2 aromatic heterocycles. The van der Waals surface area contributed by atoms with E-state index in [0.717, 1.165) is 4.88 Å². The van der Waals surface area contributed by atoms with Crippen LogP contribution in [-0.4, -0.2) is 27.5 Å². The van der Waals surface area contributed by atoms with Crippen LogP contribution in [0.4, 0.5) is 5.82 Å². The maximum absolute atomic E-state index is 12.4. The zero-order valence-corrected chi connectivity index (χ0v) is 11.3. The van der Waals surface area contributed by atoms with Crippen LogP contribution in [0, 0.1) is 6.92 Å². The third kappa shape index (κ3) is 2.38. The van der Waals surface area contributed by atoms with Crippen molar-refractivity contribution in [3.05, 3.63) is 33.6 Å². The third-order valence-corrected chi connectivity index (χ3v) is 3.65. The normalized spacial score (nSPS) is 10.6. The van der Waals surface area contributed by atoms with E-state index in [1.54, 1.807) is 23.2 Å². The average Bonchev–Trinajstić information content (AvgIpc) is 2.96. The van der Waals surface area contributed by atoms with Crippen LogP contribution in [0.5, 0.6) is 0 Å². The molecule has 6 heteroatoms. The van der Waals surface area contributed by atoms with Gasteiger partial charge in [0.1, 0.15) is 5.56 Å². The highest BCUT2D eigenvalue weighted by Gasteiger charge is 2.21. The highest BCUT2D eigenvalue weighted by Crippen LogP contribution is 2.18. The predicted octanol–water partition coefficient (Wildman–Crippen LogP) is 2.02. The molecule has 0 spiro atoms. The molecule has 5 nitrogen and oxygen atoms in total. The summed E-state index contributed by atoms with van der Waals surface area (Å²) in [5, 5.41) is 8.60. The third-order valence-electron chi connectivity index (χ3n) is 2.78.